The largest absolute Gasteiger partial charge is 0.486 e. The Morgan fingerprint density at radius 1 is 1.17 bits per heavy atom. The van der Waals surface area contributed by atoms with Gasteiger partial charge in [0.15, 0.2) is 11.5 Å². The minimum Gasteiger partial charge on any atom is -0.486 e. The first kappa shape index (κ1) is 21.2. The predicted octanol–water partition coefficient (Wildman–Crippen LogP) is 3.41. The smallest absolute Gasteiger partial charge is 0.246 e. The summed E-state index contributed by atoms with van der Waals surface area (Å²) in [6.07, 6.45) is 9.64. The summed E-state index contributed by atoms with van der Waals surface area (Å²) in [7, 11) is 0. The molecule has 0 bridgehead atoms. The van der Waals surface area contributed by atoms with E-state index >= 15 is 0 Å². The zero-order chi connectivity index (χ0) is 20.5. The van der Waals surface area contributed by atoms with Crippen molar-refractivity contribution in [2.75, 3.05) is 32.8 Å². The van der Waals surface area contributed by atoms with Gasteiger partial charge in [-0.05, 0) is 43.0 Å². The maximum atomic E-state index is 12.6. The number of amides is 2. The molecule has 1 fully saturated rings. The fourth-order valence-electron chi connectivity index (χ4n) is 3.74. The number of carbonyl (C=O) groups is 2. The second kappa shape index (κ2) is 10.9. The molecule has 0 spiro atoms. The number of hydrogen-bond donors (Lipinski definition) is 1. The van der Waals surface area contributed by atoms with Crippen molar-refractivity contribution in [2.45, 2.75) is 45.4 Å². The Hall–Kier alpha value is -2.50. The number of benzene rings is 1. The van der Waals surface area contributed by atoms with Crippen molar-refractivity contribution in [1.29, 1.82) is 0 Å². The SMILES string of the molecule is CCCCCCNC(=O)C1CCCN(C(=O)/C=C/c2ccc3c(c2)OCCO3)C1. The summed E-state index contributed by atoms with van der Waals surface area (Å²) in [5.74, 6) is 1.36. The van der Waals surface area contributed by atoms with Crippen LogP contribution in [0.4, 0.5) is 0 Å². The average molecular weight is 401 g/mol. The molecule has 29 heavy (non-hydrogen) atoms. The summed E-state index contributed by atoms with van der Waals surface area (Å²) < 4.78 is 11.1. The Bertz CT molecular complexity index is 732. The van der Waals surface area contributed by atoms with Gasteiger partial charge in [-0.1, -0.05) is 32.3 Å². The van der Waals surface area contributed by atoms with E-state index in [2.05, 4.69) is 12.2 Å². The number of piperidine rings is 1. The van der Waals surface area contributed by atoms with Gasteiger partial charge < -0.3 is 19.7 Å². The first-order valence-electron chi connectivity index (χ1n) is 10.8. The molecular weight excluding hydrogens is 368 g/mol. The summed E-state index contributed by atoms with van der Waals surface area (Å²) in [6.45, 7) is 5.19. The van der Waals surface area contributed by atoms with E-state index in [9.17, 15) is 9.59 Å². The van der Waals surface area contributed by atoms with Gasteiger partial charge in [-0.2, -0.15) is 0 Å². The lowest BCUT2D eigenvalue weighted by Crippen LogP contribution is -2.45. The van der Waals surface area contributed by atoms with E-state index < -0.39 is 0 Å². The first-order chi connectivity index (χ1) is 14.2. The highest BCUT2D eigenvalue weighted by Gasteiger charge is 2.27. The predicted molar refractivity (Wildman–Crippen MR) is 113 cm³/mol. The lowest BCUT2D eigenvalue weighted by molar-refractivity contribution is -0.132. The van der Waals surface area contributed by atoms with Crippen LogP contribution in [0.1, 0.15) is 51.0 Å². The molecule has 3 rings (SSSR count). The molecule has 1 saturated heterocycles. The number of nitrogens with zero attached hydrogens (tertiary/aromatic N) is 1. The van der Waals surface area contributed by atoms with Crippen LogP contribution in [0.15, 0.2) is 24.3 Å². The van der Waals surface area contributed by atoms with Crippen molar-refractivity contribution >= 4 is 17.9 Å². The Morgan fingerprint density at radius 2 is 2.00 bits per heavy atom. The molecule has 2 heterocycles. The Morgan fingerprint density at radius 3 is 2.83 bits per heavy atom. The Balaban J connectivity index is 1.49. The van der Waals surface area contributed by atoms with Crippen LogP contribution >= 0.6 is 0 Å². The standard InChI is InChI=1S/C23H32N2O4/c1-2-3-4-5-12-24-23(27)19-7-6-13-25(17-19)22(26)11-9-18-8-10-20-21(16-18)29-15-14-28-20/h8-11,16,19H,2-7,12-15,17H2,1H3,(H,24,27)/b11-9+. The van der Waals surface area contributed by atoms with E-state index in [0.29, 0.717) is 32.1 Å². The molecule has 6 heteroatoms. The number of unbranched alkanes of at least 4 members (excludes halogenated alkanes) is 3. The van der Waals surface area contributed by atoms with Crippen molar-refractivity contribution in [1.82, 2.24) is 10.2 Å². The van der Waals surface area contributed by atoms with Crippen molar-refractivity contribution in [2.24, 2.45) is 5.92 Å². The highest BCUT2D eigenvalue weighted by Crippen LogP contribution is 2.31. The molecule has 158 valence electrons. The average Bonchev–Trinajstić information content (AvgIpc) is 2.77. The number of likely N-dealkylation sites (tertiary alicyclic amines) is 1. The molecule has 2 aliphatic heterocycles. The van der Waals surface area contributed by atoms with Gasteiger partial charge in [0.2, 0.25) is 11.8 Å². The molecule has 0 aromatic heterocycles. The molecule has 2 amide bonds. The van der Waals surface area contributed by atoms with Gasteiger partial charge in [0, 0.05) is 25.7 Å². The maximum absolute atomic E-state index is 12.6. The van der Waals surface area contributed by atoms with Crippen LogP contribution in [-0.2, 0) is 9.59 Å². The summed E-state index contributed by atoms with van der Waals surface area (Å²) in [6, 6.07) is 5.64. The monoisotopic (exact) mass is 400 g/mol. The van der Waals surface area contributed by atoms with Gasteiger partial charge in [-0.25, -0.2) is 0 Å². The highest BCUT2D eigenvalue weighted by atomic mass is 16.6. The van der Waals surface area contributed by atoms with E-state index in [4.69, 9.17) is 9.47 Å². The molecule has 1 aromatic rings. The molecule has 6 nitrogen and oxygen atoms in total. The number of carbonyl (C=O) groups excluding carboxylic acids is 2. The van der Waals surface area contributed by atoms with Crippen molar-refractivity contribution in [3.05, 3.63) is 29.8 Å². The molecule has 1 atom stereocenters. The zero-order valence-corrected chi connectivity index (χ0v) is 17.3. The lowest BCUT2D eigenvalue weighted by atomic mass is 9.97. The summed E-state index contributed by atoms with van der Waals surface area (Å²) in [5, 5.41) is 3.04. The van der Waals surface area contributed by atoms with Crippen LogP contribution in [0.5, 0.6) is 11.5 Å². The minimum absolute atomic E-state index is 0.0552. The Labute approximate surface area is 173 Å². The minimum atomic E-state index is -0.110. The van der Waals surface area contributed by atoms with Gasteiger partial charge in [0.1, 0.15) is 13.2 Å². The van der Waals surface area contributed by atoms with Gasteiger partial charge in [-0.3, -0.25) is 9.59 Å². The molecule has 0 radical (unpaired) electrons. The third kappa shape index (κ3) is 6.24. The third-order valence-electron chi connectivity index (χ3n) is 5.42. The van der Waals surface area contributed by atoms with E-state index in [0.717, 1.165) is 43.5 Å². The van der Waals surface area contributed by atoms with Crippen LogP contribution in [0.2, 0.25) is 0 Å². The van der Waals surface area contributed by atoms with E-state index in [1.165, 1.54) is 12.8 Å². The summed E-state index contributed by atoms with van der Waals surface area (Å²) in [4.78, 5) is 26.8. The van der Waals surface area contributed by atoms with E-state index in [1.54, 1.807) is 17.1 Å². The highest BCUT2D eigenvalue weighted by molar-refractivity contribution is 5.92. The second-order valence-electron chi connectivity index (χ2n) is 7.71. The Kier molecular flexibility index (Phi) is 7.96. The van der Waals surface area contributed by atoms with Crippen LogP contribution in [0.25, 0.3) is 6.08 Å². The van der Waals surface area contributed by atoms with E-state index in [1.807, 2.05) is 18.2 Å². The van der Waals surface area contributed by atoms with Crippen LogP contribution < -0.4 is 14.8 Å². The number of hydrogen-bond acceptors (Lipinski definition) is 4. The molecular formula is C23H32N2O4. The number of rotatable bonds is 8. The molecule has 0 aliphatic carbocycles. The summed E-state index contributed by atoms with van der Waals surface area (Å²) in [5.41, 5.74) is 0.890. The van der Waals surface area contributed by atoms with Crippen molar-refractivity contribution < 1.29 is 19.1 Å². The fraction of sp³-hybridized carbons (Fsp3) is 0.565. The first-order valence-corrected chi connectivity index (χ1v) is 10.8. The van der Waals surface area contributed by atoms with Gasteiger partial charge >= 0.3 is 0 Å². The fourth-order valence-corrected chi connectivity index (χ4v) is 3.74. The second-order valence-corrected chi connectivity index (χ2v) is 7.71. The molecule has 1 unspecified atom stereocenters. The molecule has 0 saturated carbocycles. The third-order valence-corrected chi connectivity index (χ3v) is 5.42. The topological polar surface area (TPSA) is 67.9 Å². The quantitative estimate of drug-likeness (QED) is 0.536. The van der Waals surface area contributed by atoms with Crippen molar-refractivity contribution in [3.63, 3.8) is 0 Å². The van der Waals surface area contributed by atoms with Crippen LogP contribution in [0.3, 0.4) is 0 Å². The van der Waals surface area contributed by atoms with Gasteiger partial charge in [-0.15, -0.1) is 0 Å². The number of ether oxygens (including phenoxy) is 2. The number of nitrogens with one attached hydrogen (secondary N) is 1. The number of fused-ring (bicyclic) bond motifs is 1. The van der Waals surface area contributed by atoms with E-state index in [-0.39, 0.29) is 17.7 Å². The van der Waals surface area contributed by atoms with Crippen LogP contribution in [-0.4, -0.2) is 49.6 Å². The molecule has 1 N–H and O–H groups in total. The van der Waals surface area contributed by atoms with Crippen LogP contribution in [0, 0.1) is 5.92 Å². The molecule has 1 aromatic carbocycles. The van der Waals surface area contributed by atoms with Gasteiger partial charge in [0.25, 0.3) is 0 Å². The van der Waals surface area contributed by atoms with Gasteiger partial charge in [0.05, 0.1) is 5.92 Å². The molecule has 2 aliphatic rings. The maximum Gasteiger partial charge on any atom is 0.246 e. The summed E-state index contributed by atoms with van der Waals surface area (Å²) >= 11 is 0. The lowest BCUT2D eigenvalue weighted by Gasteiger charge is -2.31. The zero-order valence-electron chi connectivity index (χ0n) is 17.3. The van der Waals surface area contributed by atoms with Crippen molar-refractivity contribution in [3.8, 4) is 11.5 Å². The normalized spacial score (nSPS) is 18.7.